The summed E-state index contributed by atoms with van der Waals surface area (Å²) in [4.78, 5) is 27.4. The van der Waals surface area contributed by atoms with Gasteiger partial charge in [-0.25, -0.2) is 23.5 Å². The Morgan fingerprint density at radius 3 is 2.69 bits per heavy atom. The van der Waals surface area contributed by atoms with E-state index in [9.17, 15) is 14.0 Å². The number of nitrogens with one attached hydrogen (secondary N) is 1. The van der Waals surface area contributed by atoms with E-state index in [1.165, 1.54) is 42.3 Å². The highest BCUT2D eigenvalue weighted by atomic mass is 19.1. The van der Waals surface area contributed by atoms with Gasteiger partial charge >= 0.3 is 5.97 Å². The number of carboxylic acid groups (broad SMARTS) is 1. The minimum absolute atomic E-state index is 0.0628. The first-order valence-corrected chi connectivity index (χ1v) is 7.65. The molecular weight excluding hydrogens is 343 g/mol. The number of carbonyl (C=O) groups is 2. The van der Waals surface area contributed by atoms with Crippen molar-refractivity contribution < 1.29 is 19.1 Å². The van der Waals surface area contributed by atoms with E-state index in [1.54, 1.807) is 12.1 Å². The highest BCUT2D eigenvalue weighted by Crippen LogP contribution is 2.11. The third-order valence-corrected chi connectivity index (χ3v) is 3.65. The Bertz CT molecular complexity index is 934. The van der Waals surface area contributed by atoms with E-state index in [1.807, 2.05) is 0 Å². The molecule has 1 unspecified atom stereocenters. The van der Waals surface area contributed by atoms with Crippen LogP contribution in [0.5, 0.6) is 0 Å². The Kier molecular flexibility index (Phi) is 4.74. The summed E-state index contributed by atoms with van der Waals surface area (Å²) >= 11 is 0. The van der Waals surface area contributed by atoms with Crippen LogP contribution in [0.25, 0.3) is 0 Å². The molecule has 0 spiro atoms. The van der Waals surface area contributed by atoms with Gasteiger partial charge in [-0.2, -0.15) is 5.10 Å². The van der Waals surface area contributed by atoms with E-state index in [2.05, 4.69) is 20.5 Å². The van der Waals surface area contributed by atoms with Crippen molar-refractivity contribution in [1.82, 2.24) is 24.5 Å². The predicted molar refractivity (Wildman–Crippen MR) is 88.1 cm³/mol. The molecule has 3 rings (SSSR count). The molecule has 0 bridgehead atoms. The van der Waals surface area contributed by atoms with Gasteiger partial charge in [0.15, 0.2) is 0 Å². The number of amides is 1. The normalized spacial score (nSPS) is 11.9. The van der Waals surface area contributed by atoms with Crippen LogP contribution in [0, 0.1) is 5.82 Å². The van der Waals surface area contributed by atoms with Gasteiger partial charge in [-0.1, -0.05) is 12.1 Å². The maximum absolute atomic E-state index is 12.9. The number of benzene rings is 1. The number of nitrogens with zero attached hydrogens (tertiary/aromatic N) is 5. The fourth-order valence-corrected chi connectivity index (χ4v) is 2.28. The summed E-state index contributed by atoms with van der Waals surface area (Å²) in [5, 5.41) is 19.6. The summed E-state index contributed by atoms with van der Waals surface area (Å²) in [6, 6.07) is 6.36. The lowest BCUT2D eigenvalue weighted by Crippen LogP contribution is -2.24. The highest BCUT2D eigenvalue weighted by molar-refractivity contribution is 6.02. The molecule has 0 radical (unpaired) electrons. The van der Waals surface area contributed by atoms with Crippen molar-refractivity contribution in [2.75, 3.05) is 5.32 Å². The van der Waals surface area contributed by atoms with Gasteiger partial charge in [-0.3, -0.25) is 10.1 Å². The van der Waals surface area contributed by atoms with Gasteiger partial charge in [0.25, 0.3) is 5.91 Å². The molecule has 0 saturated carbocycles. The lowest BCUT2D eigenvalue weighted by molar-refractivity contribution is -0.140. The largest absolute Gasteiger partial charge is 0.480 e. The maximum atomic E-state index is 12.9. The minimum Gasteiger partial charge on any atom is -0.480 e. The monoisotopic (exact) mass is 358 g/mol. The molecule has 2 aromatic heterocycles. The van der Waals surface area contributed by atoms with Crippen molar-refractivity contribution in [2.45, 2.75) is 19.5 Å². The SMILES string of the molecule is CC(C(=O)O)n1nccc1C(=O)Nc1ncn(Cc2ccc(F)cc2)n1. The summed E-state index contributed by atoms with van der Waals surface area (Å²) in [5.74, 6) is -1.94. The van der Waals surface area contributed by atoms with Crippen LogP contribution >= 0.6 is 0 Å². The topological polar surface area (TPSA) is 115 Å². The zero-order valence-corrected chi connectivity index (χ0v) is 13.7. The molecule has 26 heavy (non-hydrogen) atoms. The molecule has 1 atom stereocenters. The first kappa shape index (κ1) is 17.3. The number of aromatic nitrogens is 5. The molecular formula is C16H15FN6O3. The van der Waals surface area contributed by atoms with Gasteiger partial charge in [0, 0.05) is 6.20 Å². The lowest BCUT2D eigenvalue weighted by atomic mass is 10.2. The van der Waals surface area contributed by atoms with Crippen LogP contribution in [-0.2, 0) is 11.3 Å². The smallest absolute Gasteiger partial charge is 0.328 e. The van der Waals surface area contributed by atoms with E-state index in [4.69, 9.17) is 5.11 Å². The first-order valence-electron chi connectivity index (χ1n) is 7.65. The predicted octanol–water partition coefficient (Wildman–Crippen LogP) is 1.56. The second-order valence-electron chi connectivity index (χ2n) is 5.52. The van der Waals surface area contributed by atoms with E-state index in [-0.39, 0.29) is 17.5 Å². The van der Waals surface area contributed by atoms with Gasteiger partial charge in [-0.15, -0.1) is 5.10 Å². The van der Waals surface area contributed by atoms with E-state index >= 15 is 0 Å². The molecule has 9 nitrogen and oxygen atoms in total. The molecule has 1 amide bonds. The third-order valence-electron chi connectivity index (χ3n) is 3.65. The Morgan fingerprint density at radius 2 is 2.00 bits per heavy atom. The Hall–Kier alpha value is -3.56. The van der Waals surface area contributed by atoms with Crippen molar-refractivity contribution in [3.63, 3.8) is 0 Å². The zero-order valence-electron chi connectivity index (χ0n) is 13.7. The van der Waals surface area contributed by atoms with Crippen molar-refractivity contribution in [1.29, 1.82) is 0 Å². The number of anilines is 1. The van der Waals surface area contributed by atoms with Gasteiger partial charge in [0.05, 0.1) is 6.54 Å². The Balaban J connectivity index is 1.69. The molecule has 0 aliphatic rings. The third kappa shape index (κ3) is 3.74. The van der Waals surface area contributed by atoms with E-state index in [0.717, 1.165) is 10.2 Å². The minimum atomic E-state index is -1.11. The number of hydrogen-bond acceptors (Lipinski definition) is 5. The summed E-state index contributed by atoms with van der Waals surface area (Å²) in [7, 11) is 0. The first-order chi connectivity index (χ1) is 12.4. The van der Waals surface area contributed by atoms with Gasteiger partial charge in [0.1, 0.15) is 23.9 Å². The number of halogens is 1. The van der Waals surface area contributed by atoms with Crippen molar-refractivity contribution in [3.05, 3.63) is 59.9 Å². The average Bonchev–Trinajstić information content (AvgIpc) is 3.25. The lowest BCUT2D eigenvalue weighted by Gasteiger charge is -2.10. The van der Waals surface area contributed by atoms with E-state index < -0.39 is 17.9 Å². The standard InChI is InChI=1S/C16H15FN6O3/c1-10(15(25)26)23-13(6-7-19-23)14(24)20-16-18-9-22(21-16)8-11-2-4-12(17)5-3-11/h2-7,9-10H,8H2,1H3,(H,25,26)(H,20,21,24). The fraction of sp³-hybridized carbons (Fsp3) is 0.188. The summed E-state index contributed by atoms with van der Waals surface area (Å²) in [6.45, 7) is 1.78. The average molecular weight is 358 g/mol. The molecule has 0 saturated heterocycles. The van der Waals surface area contributed by atoms with Crippen LogP contribution in [0.2, 0.25) is 0 Å². The second kappa shape index (κ2) is 7.13. The molecule has 3 aromatic rings. The molecule has 2 heterocycles. The molecule has 0 fully saturated rings. The van der Waals surface area contributed by atoms with Crippen LogP contribution < -0.4 is 5.32 Å². The quantitative estimate of drug-likeness (QED) is 0.691. The van der Waals surface area contributed by atoms with Crippen molar-refractivity contribution in [3.8, 4) is 0 Å². The number of aliphatic carboxylic acids is 1. The molecule has 1 aromatic carbocycles. The number of hydrogen-bond donors (Lipinski definition) is 2. The number of carbonyl (C=O) groups excluding carboxylic acids is 1. The summed E-state index contributed by atoms with van der Waals surface area (Å²) < 4.78 is 15.5. The molecule has 10 heteroatoms. The van der Waals surface area contributed by atoms with Gasteiger partial charge in [-0.05, 0) is 30.7 Å². The van der Waals surface area contributed by atoms with Crippen molar-refractivity contribution in [2.24, 2.45) is 0 Å². The molecule has 2 N–H and O–H groups in total. The maximum Gasteiger partial charge on any atom is 0.328 e. The van der Waals surface area contributed by atoms with Crippen molar-refractivity contribution >= 4 is 17.8 Å². The summed E-state index contributed by atoms with van der Waals surface area (Å²) in [6.07, 6.45) is 2.77. The van der Waals surface area contributed by atoms with Gasteiger partial charge in [0.2, 0.25) is 5.95 Å². The second-order valence-corrected chi connectivity index (χ2v) is 5.52. The van der Waals surface area contributed by atoms with Crippen LogP contribution in [-0.4, -0.2) is 41.5 Å². The molecule has 134 valence electrons. The van der Waals surface area contributed by atoms with E-state index in [0.29, 0.717) is 6.54 Å². The van der Waals surface area contributed by atoms with Crippen LogP contribution in [0.15, 0.2) is 42.9 Å². The number of carboxylic acids is 1. The Labute approximate surface area is 147 Å². The number of rotatable bonds is 6. The molecule has 0 aliphatic carbocycles. The van der Waals surface area contributed by atoms with Crippen LogP contribution in [0.4, 0.5) is 10.3 Å². The summed E-state index contributed by atoms with van der Waals surface area (Å²) in [5.41, 5.74) is 0.900. The Morgan fingerprint density at radius 1 is 1.27 bits per heavy atom. The van der Waals surface area contributed by atoms with Crippen LogP contribution in [0.3, 0.4) is 0 Å². The molecule has 0 aliphatic heterocycles. The zero-order chi connectivity index (χ0) is 18.7. The van der Waals surface area contributed by atoms with Crippen LogP contribution in [0.1, 0.15) is 29.0 Å². The fourth-order valence-electron chi connectivity index (χ4n) is 2.28. The van der Waals surface area contributed by atoms with Gasteiger partial charge < -0.3 is 5.11 Å². The highest BCUT2D eigenvalue weighted by Gasteiger charge is 2.21.